The fourth-order valence-electron chi connectivity index (χ4n) is 3.61. The van der Waals surface area contributed by atoms with E-state index < -0.39 is 5.97 Å². The zero-order valence-electron chi connectivity index (χ0n) is 14.5. The molecule has 0 N–H and O–H groups in total. The van der Waals surface area contributed by atoms with E-state index >= 15 is 0 Å². The van der Waals surface area contributed by atoms with Crippen LogP contribution in [0.3, 0.4) is 0 Å². The molecule has 27 heavy (non-hydrogen) atoms. The molecule has 1 fully saturated rings. The van der Waals surface area contributed by atoms with E-state index in [-0.39, 0.29) is 43.2 Å². The summed E-state index contributed by atoms with van der Waals surface area (Å²) in [5.41, 5.74) is 1.30. The van der Waals surface area contributed by atoms with Crippen LogP contribution in [0.1, 0.15) is 25.0 Å². The highest BCUT2D eigenvalue weighted by Crippen LogP contribution is 2.35. The third-order valence-electron chi connectivity index (χ3n) is 4.98. The third kappa shape index (κ3) is 3.47. The minimum atomic E-state index is -0.473. The number of aromatic nitrogens is 2. The molecule has 1 saturated heterocycles. The van der Waals surface area contributed by atoms with Crippen molar-refractivity contribution in [2.24, 2.45) is 11.8 Å². The minimum Gasteiger partial charge on any atom is -0.459 e. The van der Waals surface area contributed by atoms with Crippen LogP contribution >= 0.6 is 11.6 Å². The molecule has 0 aromatic carbocycles. The highest BCUT2D eigenvalue weighted by molar-refractivity contribution is 6.30. The Bertz CT molecular complexity index is 926. The van der Waals surface area contributed by atoms with Crippen LogP contribution in [0.2, 0.25) is 5.02 Å². The Morgan fingerprint density at radius 1 is 1.15 bits per heavy atom. The number of halogens is 1. The second kappa shape index (κ2) is 7.15. The molecule has 140 valence electrons. The molecule has 2 aromatic rings. The van der Waals surface area contributed by atoms with Gasteiger partial charge in [-0.3, -0.25) is 19.3 Å². The number of hydrogen-bond donors (Lipinski definition) is 0. The number of nitrogens with zero attached hydrogens (tertiary/aromatic N) is 3. The number of hydrogen-bond acceptors (Lipinski definition) is 5. The maximum Gasteiger partial charge on any atom is 0.307 e. The summed E-state index contributed by atoms with van der Waals surface area (Å²) < 4.78 is 6.98. The lowest BCUT2D eigenvalue weighted by atomic mass is 9.85. The van der Waals surface area contributed by atoms with Gasteiger partial charge in [0.25, 0.3) is 0 Å². The molecule has 2 atom stereocenters. The van der Waals surface area contributed by atoms with Gasteiger partial charge < -0.3 is 9.14 Å². The number of likely N-dealkylation sites (tertiary alicyclic amines) is 1. The van der Waals surface area contributed by atoms with Gasteiger partial charge in [0.1, 0.15) is 12.3 Å². The van der Waals surface area contributed by atoms with Crippen LogP contribution in [0.4, 0.5) is 0 Å². The Balaban J connectivity index is 1.30. The molecule has 4 rings (SSSR count). The summed E-state index contributed by atoms with van der Waals surface area (Å²) in [6, 6.07) is 3.50. The van der Waals surface area contributed by atoms with Gasteiger partial charge in [0.15, 0.2) is 0 Å². The fourth-order valence-corrected chi connectivity index (χ4v) is 3.77. The molecule has 0 bridgehead atoms. The monoisotopic (exact) mass is 387 g/mol. The number of allylic oxidation sites excluding steroid dienone is 2. The SMILES string of the molecule is O=C(CCN1C(=O)C2CC=CCC2C1=O)OCc1cn2cc(Cl)ccc2n1. The number of ether oxygens (including phenoxy) is 1. The molecule has 0 radical (unpaired) electrons. The molecule has 7 nitrogen and oxygen atoms in total. The van der Waals surface area contributed by atoms with Gasteiger partial charge in [-0.2, -0.15) is 0 Å². The van der Waals surface area contributed by atoms with Crippen molar-refractivity contribution in [2.45, 2.75) is 25.9 Å². The summed E-state index contributed by atoms with van der Waals surface area (Å²) in [7, 11) is 0. The quantitative estimate of drug-likeness (QED) is 0.447. The van der Waals surface area contributed by atoms with Gasteiger partial charge >= 0.3 is 5.97 Å². The second-order valence-corrected chi connectivity index (χ2v) is 7.18. The van der Waals surface area contributed by atoms with Gasteiger partial charge in [0, 0.05) is 18.9 Å². The highest BCUT2D eigenvalue weighted by atomic mass is 35.5. The molecule has 1 aliphatic heterocycles. The summed E-state index contributed by atoms with van der Waals surface area (Å²) in [5.74, 6) is -1.39. The van der Waals surface area contributed by atoms with Gasteiger partial charge in [0.05, 0.1) is 29.0 Å². The number of rotatable bonds is 5. The van der Waals surface area contributed by atoms with Gasteiger partial charge in [0.2, 0.25) is 11.8 Å². The van der Waals surface area contributed by atoms with Crippen LogP contribution in [0.25, 0.3) is 5.65 Å². The molecule has 1 aliphatic carbocycles. The van der Waals surface area contributed by atoms with Crippen molar-refractivity contribution in [3.05, 3.63) is 47.4 Å². The van der Waals surface area contributed by atoms with Gasteiger partial charge in [-0.05, 0) is 25.0 Å². The summed E-state index contributed by atoms with van der Waals surface area (Å²) in [5, 5.41) is 0.583. The topological polar surface area (TPSA) is 81.0 Å². The van der Waals surface area contributed by atoms with Crippen molar-refractivity contribution < 1.29 is 19.1 Å². The second-order valence-electron chi connectivity index (χ2n) is 6.74. The predicted octanol–water partition coefficient (Wildman–Crippen LogP) is 2.37. The first kappa shape index (κ1) is 17.7. The van der Waals surface area contributed by atoms with E-state index in [0.29, 0.717) is 29.2 Å². The average Bonchev–Trinajstić information content (AvgIpc) is 3.17. The molecule has 0 spiro atoms. The first-order chi connectivity index (χ1) is 13.0. The van der Waals surface area contributed by atoms with Crippen LogP contribution in [-0.2, 0) is 25.7 Å². The molecular formula is C19H18ClN3O4. The Labute approximate surface area is 160 Å². The normalized spacial score (nSPS) is 21.7. The fraction of sp³-hybridized carbons (Fsp3) is 0.368. The van der Waals surface area contributed by atoms with Crippen molar-refractivity contribution in [2.75, 3.05) is 6.54 Å². The van der Waals surface area contributed by atoms with E-state index in [9.17, 15) is 14.4 Å². The van der Waals surface area contributed by atoms with Gasteiger partial charge in [-0.15, -0.1) is 0 Å². The van der Waals surface area contributed by atoms with E-state index in [0.717, 1.165) is 0 Å². The highest BCUT2D eigenvalue weighted by Gasteiger charge is 2.46. The number of pyridine rings is 1. The lowest BCUT2D eigenvalue weighted by molar-refractivity contribution is -0.146. The van der Waals surface area contributed by atoms with E-state index in [1.807, 2.05) is 12.2 Å². The van der Waals surface area contributed by atoms with Crippen LogP contribution < -0.4 is 0 Å². The lowest BCUT2D eigenvalue weighted by Crippen LogP contribution is -2.33. The summed E-state index contributed by atoms with van der Waals surface area (Å²) in [4.78, 5) is 42.3. The van der Waals surface area contributed by atoms with Crippen molar-refractivity contribution in [1.82, 2.24) is 14.3 Å². The minimum absolute atomic E-state index is 0.0230. The number of imide groups is 1. The maximum atomic E-state index is 12.4. The largest absolute Gasteiger partial charge is 0.459 e. The third-order valence-corrected chi connectivity index (χ3v) is 5.21. The first-order valence-electron chi connectivity index (χ1n) is 8.82. The van der Waals surface area contributed by atoms with E-state index in [4.69, 9.17) is 16.3 Å². The summed E-state index contributed by atoms with van der Waals surface area (Å²) >= 11 is 5.93. The number of amides is 2. The number of esters is 1. The Hall–Kier alpha value is -2.67. The number of imidazole rings is 1. The molecule has 2 unspecified atom stereocenters. The molecule has 2 amide bonds. The standard InChI is InChI=1S/C19H18ClN3O4/c20-12-5-6-16-21-13(10-22(16)9-12)11-27-17(24)7-8-23-18(25)14-3-1-2-4-15(14)19(23)26/h1-2,5-6,9-10,14-15H,3-4,7-8,11H2. The molecule has 2 aromatic heterocycles. The van der Waals surface area contributed by atoms with E-state index in [1.54, 1.807) is 28.9 Å². The Morgan fingerprint density at radius 2 is 1.85 bits per heavy atom. The lowest BCUT2D eigenvalue weighted by Gasteiger charge is -2.14. The van der Waals surface area contributed by atoms with Crippen molar-refractivity contribution in [3.8, 4) is 0 Å². The maximum absolute atomic E-state index is 12.4. The first-order valence-corrected chi connectivity index (χ1v) is 9.19. The molecular weight excluding hydrogens is 370 g/mol. The Kier molecular flexibility index (Phi) is 4.70. The zero-order valence-corrected chi connectivity index (χ0v) is 15.3. The van der Waals surface area contributed by atoms with Gasteiger partial charge in [-0.25, -0.2) is 4.98 Å². The van der Waals surface area contributed by atoms with E-state index in [1.165, 1.54) is 4.90 Å². The van der Waals surface area contributed by atoms with Crippen molar-refractivity contribution in [3.63, 3.8) is 0 Å². The van der Waals surface area contributed by atoms with E-state index in [2.05, 4.69) is 4.98 Å². The number of carbonyl (C=O) groups excluding carboxylic acids is 3. The summed E-state index contributed by atoms with van der Waals surface area (Å²) in [6.07, 6.45) is 8.48. The Morgan fingerprint density at radius 3 is 2.56 bits per heavy atom. The van der Waals surface area contributed by atoms with Crippen LogP contribution in [0.5, 0.6) is 0 Å². The molecule has 3 heterocycles. The summed E-state index contributed by atoms with van der Waals surface area (Å²) in [6.45, 7) is 0.0828. The van der Waals surface area contributed by atoms with Crippen LogP contribution in [-0.4, -0.2) is 38.6 Å². The average molecular weight is 388 g/mol. The molecule has 8 heteroatoms. The predicted molar refractivity (Wildman–Crippen MR) is 96.7 cm³/mol. The number of fused-ring (bicyclic) bond motifs is 2. The molecule has 2 aliphatic rings. The van der Waals surface area contributed by atoms with Gasteiger partial charge in [-0.1, -0.05) is 23.8 Å². The molecule has 0 saturated carbocycles. The van der Waals surface area contributed by atoms with Crippen LogP contribution in [0, 0.1) is 11.8 Å². The zero-order chi connectivity index (χ0) is 19.0. The number of carbonyl (C=O) groups is 3. The van der Waals surface area contributed by atoms with Crippen molar-refractivity contribution in [1.29, 1.82) is 0 Å². The van der Waals surface area contributed by atoms with Crippen molar-refractivity contribution >= 4 is 35.0 Å². The van der Waals surface area contributed by atoms with Crippen LogP contribution in [0.15, 0.2) is 36.7 Å². The smallest absolute Gasteiger partial charge is 0.307 e.